The van der Waals surface area contributed by atoms with Crippen LogP contribution in [0.5, 0.6) is 5.88 Å². The van der Waals surface area contributed by atoms with Crippen molar-refractivity contribution < 1.29 is 17.9 Å². The Bertz CT molecular complexity index is 1810. The molecular weight excluding hydrogens is 559 g/mol. The molecule has 4 aromatic heterocycles. The first-order valence-corrected chi connectivity index (χ1v) is 14.0. The number of nitrogens with zero attached hydrogens (tertiary/aromatic N) is 9. The number of rotatable bonds is 7. The highest BCUT2D eigenvalue weighted by Crippen LogP contribution is 2.45. The fourth-order valence-electron chi connectivity index (χ4n) is 5.47. The summed E-state index contributed by atoms with van der Waals surface area (Å²) in [5.41, 5.74) is 3.04. The van der Waals surface area contributed by atoms with Gasteiger partial charge in [-0.05, 0) is 32.3 Å². The molecule has 1 fully saturated rings. The van der Waals surface area contributed by atoms with Crippen LogP contribution >= 0.6 is 0 Å². The Morgan fingerprint density at radius 2 is 1.81 bits per heavy atom. The lowest BCUT2D eigenvalue weighted by atomic mass is 10.1. The van der Waals surface area contributed by atoms with E-state index in [1.807, 2.05) is 48.9 Å². The van der Waals surface area contributed by atoms with Gasteiger partial charge in [0.1, 0.15) is 29.2 Å². The first kappa shape index (κ1) is 27.0. The van der Waals surface area contributed by atoms with Crippen molar-refractivity contribution in [1.29, 1.82) is 0 Å². The third kappa shape index (κ3) is 4.88. The van der Waals surface area contributed by atoms with Gasteiger partial charge < -0.3 is 14.2 Å². The highest BCUT2D eigenvalue weighted by atomic mass is 19.4. The average Bonchev–Trinajstić information content (AvgIpc) is 3.54. The van der Waals surface area contributed by atoms with Gasteiger partial charge in [-0.15, -0.1) is 0 Å². The molecule has 2 aliphatic rings. The van der Waals surface area contributed by atoms with E-state index in [1.54, 1.807) is 24.1 Å². The molecule has 1 saturated carbocycles. The van der Waals surface area contributed by atoms with Gasteiger partial charge in [0.25, 0.3) is 0 Å². The second kappa shape index (κ2) is 10.2. The van der Waals surface area contributed by atoms with Crippen LogP contribution in [-0.4, -0.2) is 46.1 Å². The highest BCUT2D eigenvalue weighted by Gasteiger charge is 2.36. The SMILES string of the molecule is COc1ncnc(C2CC2)c1-c1ncc2c(n1)N(Cc1ccc(-c3nc(C(F)(F)F)cn3C(C)C)cc1)Cc1nccn1-2. The predicted molar refractivity (Wildman–Crippen MR) is 152 cm³/mol. The Kier molecular flexibility index (Phi) is 6.40. The van der Waals surface area contributed by atoms with Gasteiger partial charge >= 0.3 is 6.18 Å². The van der Waals surface area contributed by atoms with Crippen molar-refractivity contribution in [2.75, 3.05) is 12.0 Å². The van der Waals surface area contributed by atoms with E-state index in [0.717, 1.165) is 47.6 Å². The van der Waals surface area contributed by atoms with Gasteiger partial charge in [0, 0.05) is 42.7 Å². The number of benzene rings is 1. The van der Waals surface area contributed by atoms with E-state index >= 15 is 0 Å². The molecule has 0 radical (unpaired) electrons. The first-order chi connectivity index (χ1) is 20.7. The van der Waals surface area contributed by atoms with Gasteiger partial charge in [-0.25, -0.2) is 29.9 Å². The van der Waals surface area contributed by atoms with Crippen molar-refractivity contribution >= 4 is 5.82 Å². The van der Waals surface area contributed by atoms with E-state index in [1.165, 1.54) is 6.33 Å². The molecule has 1 aliphatic carbocycles. The summed E-state index contributed by atoms with van der Waals surface area (Å²) in [7, 11) is 1.58. The molecule has 0 spiro atoms. The molecule has 0 unspecified atom stereocenters. The van der Waals surface area contributed by atoms with Crippen LogP contribution < -0.4 is 9.64 Å². The summed E-state index contributed by atoms with van der Waals surface area (Å²) in [6, 6.07) is 7.24. The van der Waals surface area contributed by atoms with Gasteiger partial charge in [0.05, 0.1) is 25.5 Å². The lowest BCUT2D eigenvalue weighted by Gasteiger charge is -2.30. The molecule has 43 heavy (non-hydrogen) atoms. The van der Waals surface area contributed by atoms with Crippen molar-refractivity contribution in [3.05, 3.63) is 78.2 Å². The minimum absolute atomic E-state index is 0.185. The third-order valence-electron chi connectivity index (χ3n) is 7.75. The minimum Gasteiger partial charge on any atom is -0.480 e. The van der Waals surface area contributed by atoms with Crippen molar-refractivity contribution in [2.45, 2.75) is 57.9 Å². The Balaban J connectivity index is 1.24. The van der Waals surface area contributed by atoms with Crippen LogP contribution in [0.15, 0.2) is 55.4 Å². The number of alkyl halides is 3. The zero-order valence-corrected chi connectivity index (χ0v) is 23.7. The molecular formula is C30H28F3N9O. The topological polar surface area (TPSA) is 99.7 Å². The molecule has 1 aromatic carbocycles. The monoisotopic (exact) mass is 587 g/mol. The van der Waals surface area contributed by atoms with E-state index in [4.69, 9.17) is 14.7 Å². The summed E-state index contributed by atoms with van der Waals surface area (Å²) >= 11 is 0. The van der Waals surface area contributed by atoms with Crippen LogP contribution in [0.2, 0.25) is 0 Å². The maximum absolute atomic E-state index is 13.4. The zero-order valence-electron chi connectivity index (χ0n) is 23.7. The van der Waals surface area contributed by atoms with Crippen LogP contribution in [0.4, 0.5) is 19.0 Å². The number of hydrogen-bond acceptors (Lipinski definition) is 8. The first-order valence-electron chi connectivity index (χ1n) is 14.0. The van der Waals surface area contributed by atoms with Crippen LogP contribution in [0.1, 0.15) is 61.4 Å². The fraction of sp³-hybridized carbons (Fsp3) is 0.333. The molecule has 0 N–H and O–H groups in total. The average molecular weight is 588 g/mol. The molecule has 5 heterocycles. The summed E-state index contributed by atoms with van der Waals surface area (Å²) in [6.45, 7) is 4.65. The molecule has 0 saturated heterocycles. The molecule has 0 amide bonds. The number of anilines is 1. The normalized spacial score (nSPS) is 14.6. The molecule has 0 bridgehead atoms. The quantitative estimate of drug-likeness (QED) is 0.229. The summed E-state index contributed by atoms with van der Waals surface area (Å²) in [5, 5.41) is 0. The lowest BCUT2D eigenvalue weighted by Crippen LogP contribution is -2.30. The van der Waals surface area contributed by atoms with Crippen LogP contribution in [0.3, 0.4) is 0 Å². The predicted octanol–water partition coefficient (Wildman–Crippen LogP) is 5.99. The molecule has 0 atom stereocenters. The van der Waals surface area contributed by atoms with E-state index in [9.17, 15) is 13.2 Å². The van der Waals surface area contributed by atoms with Crippen LogP contribution in [0.25, 0.3) is 28.5 Å². The van der Waals surface area contributed by atoms with Crippen molar-refractivity contribution in [3.8, 4) is 34.3 Å². The van der Waals surface area contributed by atoms with E-state index < -0.39 is 11.9 Å². The Morgan fingerprint density at radius 3 is 2.51 bits per heavy atom. The summed E-state index contributed by atoms with van der Waals surface area (Å²) in [4.78, 5) is 29.2. The van der Waals surface area contributed by atoms with Gasteiger partial charge in [-0.3, -0.25) is 4.57 Å². The van der Waals surface area contributed by atoms with Crippen LogP contribution in [-0.2, 0) is 19.3 Å². The number of aromatic nitrogens is 8. The number of ether oxygens (including phenoxy) is 1. The number of methoxy groups -OCH3 is 1. The van der Waals surface area contributed by atoms with Gasteiger partial charge in [-0.2, -0.15) is 13.2 Å². The van der Waals surface area contributed by atoms with Crippen molar-refractivity contribution in [2.24, 2.45) is 0 Å². The van der Waals surface area contributed by atoms with E-state index in [-0.39, 0.29) is 11.9 Å². The lowest BCUT2D eigenvalue weighted by molar-refractivity contribution is -0.140. The molecule has 5 aromatic rings. The highest BCUT2D eigenvalue weighted by molar-refractivity contribution is 5.70. The van der Waals surface area contributed by atoms with Crippen LogP contribution in [0, 0.1) is 0 Å². The Hall–Kier alpha value is -4.81. The standard InChI is InChI=1S/C30H28F3N9O/c1-17(2)42-14-22(30(31,32)33)38-27(42)20-6-4-18(5-7-20)13-40-15-23-34-10-11-41(23)21-12-35-26(39-28(21)40)24-25(19-8-9-19)36-16-37-29(24)43-3/h4-7,10-12,14,16-17,19H,8-9,13,15H2,1-3H3. The smallest absolute Gasteiger partial charge is 0.434 e. The molecule has 1 aliphatic heterocycles. The number of halogens is 3. The summed E-state index contributed by atoms with van der Waals surface area (Å²) < 4.78 is 49.4. The largest absolute Gasteiger partial charge is 0.480 e. The van der Waals surface area contributed by atoms with Crippen molar-refractivity contribution in [1.82, 2.24) is 39.0 Å². The Labute approximate surface area is 245 Å². The van der Waals surface area contributed by atoms with Gasteiger partial charge in [0.15, 0.2) is 17.3 Å². The molecule has 10 nitrogen and oxygen atoms in total. The molecule has 220 valence electrons. The number of hydrogen-bond donors (Lipinski definition) is 0. The Morgan fingerprint density at radius 1 is 1.02 bits per heavy atom. The maximum atomic E-state index is 13.4. The van der Waals surface area contributed by atoms with E-state index in [2.05, 4.69) is 24.8 Å². The number of imidazole rings is 2. The number of fused-ring (bicyclic) bond motifs is 3. The van der Waals surface area contributed by atoms with Gasteiger partial charge in [0.2, 0.25) is 5.88 Å². The minimum atomic E-state index is -4.52. The summed E-state index contributed by atoms with van der Waals surface area (Å²) in [5.74, 6) is 3.10. The zero-order chi connectivity index (χ0) is 29.9. The summed E-state index contributed by atoms with van der Waals surface area (Å²) in [6.07, 6.45) is 5.58. The molecule has 13 heteroatoms. The van der Waals surface area contributed by atoms with Gasteiger partial charge in [-0.1, -0.05) is 24.3 Å². The van der Waals surface area contributed by atoms with Crippen molar-refractivity contribution in [3.63, 3.8) is 0 Å². The fourth-order valence-corrected chi connectivity index (χ4v) is 5.47. The third-order valence-corrected chi connectivity index (χ3v) is 7.75. The van der Waals surface area contributed by atoms with E-state index in [0.29, 0.717) is 41.8 Å². The second-order valence-electron chi connectivity index (χ2n) is 11.0. The maximum Gasteiger partial charge on any atom is 0.434 e. The second-order valence-corrected chi connectivity index (χ2v) is 11.0. The molecule has 7 rings (SSSR count).